The number of likely N-dealkylation sites (tertiary alicyclic amines) is 1. The van der Waals surface area contributed by atoms with E-state index in [1.807, 2.05) is 18.2 Å². The number of hydrogen-bond acceptors (Lipinski definition) is 4. The number of nitrogens with two attached hydrogens (primary N) is 1. The summed E-state index contributed by atoms with van der Waals surface area (Å²) in [5.74, 6) is 0.599. The summed E-state index contributed by atoms with van der Waals surface area (Å²) in [4.78, 5) is 14.5. The van der Waals surface area contributed by atoms with Crippen LogP contribution < -0.4 is 11.4 Å². The van der Waals surface area contributed by atoms with Crippen molar-refractivity contribution in [3.05, 3.63) is 34.9 Å². The molecular formula is C14H22ClN5O. The van der Waals surface area contributed by atoms with Crippen molar-refractivity contribution in [2.45, 2.75) is 19.4 Å². The SMILES string of the molecule is Cl.NCC1CCCN(CCn2nc3ccccn3c2=O)C1. The molecule has 0 saturated carbocycles. The van der Waals surface area contributed by atoms with E-state index < -0.39 is 0 Å². The first kappa shape index (κ1) is 16.0. The number of halogens is 1. The zero-order chi connectivity index (χ0) is 13.9. The van der Waals surface area contributed by atoms with E-state index in [1.54, 1.807) is 15.3 Å². The lowest BCUT2D eigenvalue weighted by atomic mass is 9.98. The topological polar surface area (TPSA) is 68.6 Å². The summed E-state index contributed by atoms with van der Waals surface area (Å²) in [7, 11) is 0. The molecule has 0 aromatic carbocycles. The minimum absolute atomic E-state index is 0. The van der Waals surface area contributed by atoms with Crippen molar-refractivity contribution in [1.29, 1.82) is 0 Å². The van der Waals surface area contributed by atoms with Crippen LogP contribution in [-0.2, 0) is 6.54 Å². The van der Waals surface area contributed by atoms with Gasteiger partial charge in [0.05, 0.1) is 6.54 Å². The summed E-state index contributed by atoms with van der Waals surface area (Å²) in [6.45, 7) is 4.39. The van der Waals surface area contributed by atoms with Crippen molar-refractivity contribution in [3.8, 4) is 0 Å². The van der Waals surface area contributed by atoms with Crippen molar-refractivity contribution in [2.24, 2.45) is 11.7 Å². The Bertz CT molecular complexity index is 638. The molecule has 1 unspecified atom stereocenters. The van der Waals surface area contributed by atoms with E-state index in [0.29, 0.717) is 18.1 Å². The van der Waals surface area contributed by atoms with Gasteiger partial charge in [0.1, 0.15) is 0 Å². The Labute approximate surface area is 129 Å². The molecule has 1 aliphatic rings. The van der Waals surface area contributed by atoms with E-state index in [1.165, 1.54) is 12.8 Å². The molecule has 0 amide bonds. The summed E-state index contributed by atoms with van der Waals surface area (Å²) in [6, 6.07) is 5.59. The third-order valence-electron chi connectivity index (χ3n) is 4.05. The van der Waals surface area contributed by atoms with E-state index in [9.17, 15) is 4.79 Å². The Morgan fingerprint density at radius 2 is 2.19 bits per heavy atom. The fraction of sp³-hybridized carbons (Fsp3) is 0.571. The van der Waals surface area contributed by atoms with Gasteiger partial charge in [-0.15, -0.1) is 17.5 Å². The summed E-state index contributed by atoms with van der Waals surface area (Å²) in [5.41, 5.74) is 6.39. The van der Waals surface area contributed by atoms with Gasteiger partial charge in [-0.25, -0.2) is 9.48 Å². The molecule has 21 heavy (non-hydrogen) atoms. The molecule has 1 saturated heterocycles. The van der Waals surface area contributed by atoms with Crippen molar-refractivity contribution in [1.82, 2.24) is 19.1 Å². The summed E-state index contributed by atoms with van der Waals surface area (Å²) >= 11 is 0. The molecular weight excluding hydrogens is 290 g/mol. The monoisotopic (exact) mass is 311 g/mol. The molecule has 0 spiro atoms. The number of piperidine rings is 1. The standard InChI is InChI=1S/C14H21N5O.ClH/c15-10-12-4-3-6-17(11-12)8-9-19-14(20)18-7-2-1-5-13(18)16-19;/h1-2,5,7,12H,3-4,6,8-11,15H2;1H. The number of hydrogen-bond donors (Lipinski definition) is 1. The fourth-order valence-corrected chi connectivity index (χ4v) is 2.90. The second-order valence-corrected chi connectivity index (χ2v) is 5.48. The average Bonchev–Trinajstić information content (AvgIpc) is 2.82. The predicted molar refractivity (Wildman–Crippen MR) is 84.9 cm³/mol. The van der Waals surface area contributed by atoms with Crippen LogP contribution >= 0.6 is 12.4 Å². The molecule has 6 nitrogen and oxygen atoms in total. The van der Waals surface area contributed by atoms with Crippen molar-refractivity contribution in [2.75, 3.05) is 26.2 Å². The molecule has 2 aromatic heterocycles. The van der Waals surface area contributed by atoms with E-state index in [4.69, 9.17) is 5.73 Å². The lowest BCUT2D eigenvalue weighted by molar-refractivity contribution is 0.170. The maximum Gasteiger partial charge on any atom is 0.350 e. The lowest BCUT2D eigenvalue weighted by Gasteiger charge is -2.31. The summed E-state index contributed by atoms with van der Waals surface area (Å²) < 4.78 is 3.14. The second-order valence-electron chi connectivity index (χ2n) is 5.48. The Kier molecular flexibility index (Phi) is 5.39. The Morgan fingerprint density at radius 1 is 1.33 bits per heavy atom. The van der Waals surface area contributed by atoms with Crippen LogP contribution in [0.4, 0.5) is 0 Å². The third-order valence-corrected chi connectivity index (χ3v) is 4.05. The van der Waals surface area contributed by atoms with Crippen molar-refractivity contribution >= 4 is 18.1 Å². The molecule has 1 atom stereocenters. The Hall–Kier alpha value is -1.37. The number of pyridine rings is 1. The highest BCUT2D eigenvalue weighted by Crippen LogP contribution is 2.14. The highest BCUT2D eigenvalue weighted by Gasteiger charge is 2.18. The van der Waals surface area contributed by atoms with Crippen molar-refractivity contribution < 1.29 is 0 Å². The maximum absolute atomic E-state index is 12.1. The van der Waals surface area contributed by atoms with E-state index >= 15 is 0 Å². The number of aromatic nitrogens is 3. The molecule has 116 valence electrons. The summed E-state index contributed by atoms with van der Waals surface area (Å²) in [6.07, 6.45) is 4.18. The zero-order valence-corrected chi connectivity index (χ0v) is 12.8. The average molecular weight is 312 g/mol. The molecule has 2 aromatic rings. The highest BCUT2D eigenvalue weighted by molar-refractivity contribution is 5.85. The normalized spacial score (nSPS) is 19.6. The number of nitrogens with zero attached hydrogens (tertiary/aromatic N) is 4. The van der Waals surface area contributed by atoms with Crippen LogP contribution in [0.3, 0.4) is 0 Å². The summed E-state index contributed by atoms with van der Waals surface area (Å²) in [5, 5.41) is 4.35. The number of rotatable bonds is 4. The first-order chi connectivity index (χ1) is 9.78. The van der Waals surface area contributed by atoms with E-state index in [-0.39, 0.29) is 18.1 Å². The highest BCUT2D eigenvalue weighted by atomic mass is 35.5. The van der Waals surface area contributed by atoms with Crippen LogP contribution in [0.5, 0.6) is 0 Å². The zero-order valence-electron chi connectivity index (χ0n) is 12.0. The van der Waals surface area contributed by atoms with Crippen LogP contribution in [-0.4, -0.2) is 45.3 Å². The van der Waals surface area contributed by atoms with Crippen LogP contribution in [0, 0.1) is 5.92 Å². The fourth-order valence-electron chi connectivity index (χ4n) is 2.90. The van der Waals surface area contributed by atoms with Gasteiger partial charge >= 0.3 is 5.69 Å². The molecule has 1 aliphatic heterocycles. The van der Waals surface area contributed by atoms with Gasteiger partial charge in [-0.05, 0) is 44.0 Å². The van der Waals surface area contributed by atoms with Crippen LogP contribution in [0.15, 0.2) is 29.2 Å². The molecule has 0 radical (unpaired) electrons. The quantitative estimate of drug-likeness (QED) is 0.897. The van der Waals surface area contributed by atoms with Gasteiger partial charge in [-0.2, -0.15) is 0 Å². The van der Waals surface area contributed by atoms with Gasteiger partial charge in [0.2, 0.25) is 0 Å². The van der Waals surface area contributed by atoms with Crippen LogP contribution in [0.2, 0.25) is 0 Å². The minimum atomic E-state index is -0.0621. The molecule has 7 heteroatoms. The first-order valence-electron chi connectivity index (χ1n) is 7.24. The van der Waals surface area contributed by atoms with Crippen LogP contribution in [0.1, 0.15) is 12.8 Å². The first-order valence-corrected chi connectivity index (χ1v) is 7.24. The smallest absolute Gasteiger partial charge is 0.330 e. The van der Waals surface area contributed by atoms with Gasteiger partial charge in [0, 0.05) is 19.3 Å². The van der Waals surface area contributed by atoms with Gasteiger partial charge in [-0.3, -0.25) is 4.40 Å². The Morgan fingerprint density at radius 3 is 2.95 bits per heavy atom. The van der Waals surface area contributed by atoms with Crippen LogP contribution in [0.25, 0.3) is 5.65 Å². The molecule has 3 heterocycles. The van der Waals surface area contributed by atoms with Gasteiger partial charge in [-0.1, -0.05) is 6.07 Å². The Balaban J connectivity index is 0.00000161. The molecule has 1 fully saturated rings. The third kappa shape index (κ3) is 3.45. The van der Waals surface area contributed by atoms with E-state index in [2.05, 4.69) is 10.00 Å². The second kappa shape index (κ2) is 7.06. The predicted octanol–water partition coefficient (Wildman–Crippen LogP) is 0.588. The maximum atomic E-state index is 12.1. The van der Waals surface area contributed by atoms with E-state index in [0.717, 1.165) is 26.2 Å². The molecule has 3 rings (SSSR count). The molecule has 2 N–H and O–H groups in total. The number of fused-ring (bicyclic) bond motifs is 1. The van der Waals surface area contributed by atoms with Gasteiger partial charge < -0.3 is 10.6 Å². The van der Waals surface area contributed by atoms with Gasteiger partial charge in [0.15, 0.2) is 5.65 Å². The van der Waals surface area contributed by atoms with Gasteiger partial charge in [0.25, 0.3) is 0 Å². The minimum Gasteiger partial charge on any atom is -0.330 e. The molecule has 0 aliphatic carbocycles. The largest absolute Gasteiger partial charge is 0.350 e. The van der Waals surface area contributed by atoms with Crippen molar-refractivity contribution in [3.63, 3.8) is 0 Å². The lowest BCUT2D eigenvalue weighted by Crippen LogP contribution is -2.40. The molecule has 0 bridgehead atoms.